The van der Waals surface area contributed by atoms with Crippen molar-refractivity contribution in [2.24, 2.45) is 0 Å². The number of hydrogen-bond donors (Lipinski definition) is 2. The predicted octanol–water partition coefficient (Wildman–Crippen LogP) is 2.29. The zero-order valence-electron chi connectivity index (χ0n) is 11.0. The lowest BCUT2D eigenvalue weighted by molar-refractivity contribution is -0.135. The molecule has 0 atom stereocenters. The molecule has 0 fully saturated rings. The fourth-order valence-electron chi connectivity index (χ4n) is 1.57. The summed E-state index contributed by atoms with van der Waals surface area (Å²) in [6.45, 7) is 0. The third kappa shape index (κ3) is 3.23. The monoisotopic (exact) mass is 338 g/mol. The highest BCUT2D eigenvalue weighted by molar-refractivity contribution is 7.93. The van der Waals surface area contributed by atoms with E-state index in [4.69, 9.17) is 10.2 Å². The van der Waals surface area contributed by atoms with Crippen molar-refractivity contribution in [3.63, 3.8) is 0 Å². The van der Waals surface area contributed by atoms with Gasteiger partial charge in [0.2, 0.25) is 15.6 Å². The SMILES string of the molecule is O=C(O)/C(O)=C/C(=O)c1ccc(S(=O)(=O)c2ccccc2)s1. The average Bonchev–Trinajstić information content (AvgIpc) is 2.98. The maximum atomic E-state index is 12.3. The number of thiophene rings is 1. The van der Waals surface area contributed by atoms with Gasteiger partial charge in [-0.3, -0.25) is 4.79 Å². The Balaban J connectivity index is 2.35. The largest absolute Gasteiger partial charge is 0.502 e. The minimum atomic E-state index is -3.73. The molecule has 1 aromatic heterocycles. The van der Waals surface area contributed by atoms with Gasteiger partial charge >= 0.3 is 5.97 Å². The van der Waals surface area contributed by atoms with Gasteiger partial charge < -0.3 is 10.2 Å². The molecule has 0 spiro atoms. The van der Waals surface area contributed by atoms with E-state index in [1.54, 1.807) is 18.2 Å². The van der Waals surface area contributed by atoms with Crippen molar-refractivity contribution in [2.45, 2.75) is 9.10 Å². The molecular formula is C14H10O6S2. The van der Waals surface area contributed by atoms with Crippen molar-refractivity contribution < 1.29 is 28.2 Å². The first-order chi connectivity index (χ1) is 10.3. The Kier molecular flexibility index (Phi) is 4.43. The van der Waals surface area contributed by atoms with Crippen molar-refractivity contribution in [1.82, 2.24) is 0 Å². The molecule has 1 aromatic carbocycles. The second-order valence-corrected chi connectivity index (χ2v) is 7.39. The van der Waals surface area contributed by atoms with Crippen LogP contribution in [0.1, 0.15) is 9.67 Å². The van der Waals surface area contributed by atoms with Crippen LogP contribution in [-0.2, 0) is 14.6 Å². The van der Waals surface area contributed by atoms with Crippen LogP contribution < -0.4 is 0 Å². The molecule has 0 saturated heterocycles. The number of ketones is 1. The summed E-state index contributed by atoms with van der Waals surface area (Å²) >= 11 is 0.710. The van der Waals surface area contributed by atoms with Gasteiger partial charge in [-0.1, -0.05) is 18.2 Å². The van der Waals surface area contributed by atoms with Crippen molar-refractivity contribution in [2.75, 3.05) is 0 Å². The van der Waals surface area contributed by atoms with E-state index in [-0.39, 0.29) is 14.0 Å². The third-order valence-corrected chi connectivity index (χ3v) is 5.99. The number of carboxylic acid groups (broad SMARTS) is 1. The summed E-state index contributed by atoms with van der Waals surface area (Å²) in [6.07, 6.45) is 0.535. The number of carbonyl (C=O) groups is 2. The molecule has 1 heterocycles. The van der Waals surface area contributed by atoms with E-state index < -0.39 is 27.3 Å². The number of sulfone groups is 1. The van der Waals surface area contributed by atoms with Gasteiger partial charge in [0.1, 0.15) is 4.21 Å². The van der Waals surface area contributed by atoms with Crippen molar-refractivity contribution in [3.05, 3.63) is 59.2 Å². The smallest absolute Gasteiger partial charge is 0.371 e. The molecule has 0 radical (unpaired) electrons. The van der Waals surface area contributed by atoms with E-state index in [2.05, 4.69) is 0 Å². The van der Waals surface area contributed by atoms with Crippen molar-refractivity contribution in [3.8, 4) is 0 Å². The Morgan fingerprint density at radius 1 is 1.00 bits per heavy atom. The van der Waals surface area contributed by atoms with E-state index in [1.807, 2.05) is 0 Å². The molecule has 0 aliphatic heterocycles. The number of carbonyl (C=O) groups excluding carboxylic acids is 1. The van der Waals surface area contributed by atoms with Crippen molar-refractivity contribution >= 4 is 32.9 Å². The molecule has 2 N–H and O–H groups in total. The number of aliphatic hydroxyl groups excluding tert-OH is 1. The molecule has 0 amide bonds. The predicted molar refractivity (Wildman–Crippen MR) is 78.9 cm³/mol. The van der Waals surface area contributed by atoms with Crippen LogP contribution >= 0.6 is 11.3 Å². The van der Waals surface area contributed by atoms with Crippen LogP contribution in [0.4, 0.5) is 0 Å². The lowest BCUT2D eigenvalue weighted by Gasteiger charge is -2.00. The average molecular weight is 338 g/mol. The lowest BCUT2D eigenvalue weighted by atomic mass is 10.3. The van der Waals surface area contributed by atoms with Gasteiger partial charge in [-0.25, -0.2) is 13.2 Å². The number of aliphatic carboxylic acids is 1. The van der Waals surface area contributed by atoms with Crippen LogP contribution in [0.3, 0.4) is 0 Å². The van der Waals surface area contributed by atoms with E-state index in [0.29, 0.717) is 17.4 Å². The van der Waals surface area contributed by atoms with Gasteiger partial charge in [-0.05, 0) is 24.3 Å². The van der Waals surface area contributed by atoms with Crippen LogP contribution in [-0.4, -0.2) is 30.4 Å². The van der Waals surface area contributed by atoms with Gasteiger partial charge in [0.25, 0.3) is 0 Å². The number of carboxylic acids is 1. The van der Waals surface area contributed by atoms with Gasteiger partial charge in [-0.2, -0.15) is 0 Å². The van der Waals surface area contributed by atoms with Crippen molar-refractivity contribution in [1.29, 1.82) is 0 Å². The van der Waals surface area contributed by atoms with Crippen LogP contribution in [0.2, 0.25) is 0 Å². The Morgan fingerprint density at radius 3 is 2.23 bits per heavy atom. The second kappa shape index (κ2) is 6.12. The number of hydrogen-bond acceptors (Lipinski definition) is 6. The maximum Gasteiger partial charge on any atom is 0.371 e. The summed E-state index contributed by atoms with van der Waals surface area (Å²) in [5.74, 6) is -3.52. The van der Waals surface area contributed by atoms with Crippen LogP contribution in [0.25, 0.3) is 0 Å². The van der Waals surface area contributed by atoms with Crippen LogP contribution in [0, 0.1) is 0 Å². The fourth-order valence-corrected chi connectivity index (χ4v) is 4.21. The lowest BCUT2D eigenvalue weighted by Crippen LogP contribution is -2.02. The Hall–Kier alpha value is -2.45. The van der Waals surface area contributed by atoms with Crippen LogP contribution in [0.5, 0.6) is 0 Å². The summed E-state index contributed by atoms with van der Waals surface area (Å²) in [6, 6.07) is 10.3. The summed E-state index contributed by atoms with van der Waals surface area (Å²) in [4.78, 5) is 22.3. The number of rotatable bonds is 5. The fraction of sp³-hybridized carbons (Fsp3) is 0. The van der Waals surface area contributed by atoms with E-state index >= 15 is 0 Å². The molecule has 0 bridgehead atoms. The summed E-state index contributed by atoms with van der Waals surface area (Å²) in [5.41, 5.74) is 0. The first-order valence-corrected chi connectivity index (χ1v) is 8.20. The highest BCUT2D eigenvalue weighted by atomic mass is 32.2. The summed E-state index contributed by atoms with van der Waals surface area (Å²) in [7, 11) is -3.73. The van der Waals surface area contributed by atoms with Gasteiger partial charge in [-0.15, -0.1) is 11.3 Å². The standard InChI is InChI=1S/C14H10O6S2/c15-10(8-11(16)14(17)18)12-6-7-13(21-12)22(19,20)9-4-2-1-3-5-9/h1-8,16H,(H,17,18)/b11-8-. The molecule has 6 nitrogen and oxygen atoms in total. The zero-order chi connectivity index (χ0) is 16.3. The van der Waals surface area contributed by atoms with Gasteiger partial charge in [0, 0.05) is 6.08 Å². The molecule has 0 saturated carbocycles. The first-order valence-electron chi connectivity index (χ1n) is 5.90. The topological polar surface area (TPSA) is 109 Å². The minimum Gasteiger partial charge on any atom is -0.502 e. The molecule has 114 valence electrons. The molecule has 0 aliphatic carbocycles. The third-order valence-electron chi connectivity index (χ3n) is 2.63. The van der Waals surface area contributed by atoms with Gasteiger partial charge in [0.05, 0.1) is 9.77 Å². The van der Waals surface area contributed by atoms with Gasteiger partial charge in [0.15, 0.2) is 5.78 Å². The summed E-state index contributed by atoms with van der Waals surface area (Å²) < 4.78 is 24.6. The van der Waals surface area contributed by atoms with E-state index in [9.17, 15) is 18.0 Å². The maximum absolute atomic E-state index is 12.3. The quantitative estimate of drug-likeness (QED) is 0.492. The molecule has 0 aliphatic rings. The Bertz CT molecular complexity index is 846. The Labute approximate surface area is 129 Å². The normalized spacial score (nSPS) is 12.1. The first kappa shape index (κ1) is 15.9. The molecule has 0 unspecified atom stereocenters. The highest BCUT2D eigenvalue weighted by Gasteiger charge is 2.21. The minimum absolute atomic E-state index is 0.0160. The highest BCUT2D eigenvalue weighted by Crippen LogP contribution is 2.28. The van der Waals surface area contributed by atoms with E-state index in [1.165, 1.54) is 24.3 Å². The zero-order valence-corrected chi connectivity index (χ0v) is 12.6. The molecule has 22 heavy (non-hydrogen) atoms. The molecule has 2 rings (SSSR count). The molecule has 2 aromatic rings. The van der Waals surface area contributed by atoms with Crippen LogP contribution in [0.15, 0.2) is 63.4 Å². The number of allylic oxidation sites excluding steroid dienone is 1. The molecular weight excluding hydrogens is 328 g/mol. The number of benzene rings is 1. The molecule has 8 heteroatoms. The van der Waals surface area contributed by atoms with E-state index in [0.717, 1.165) is 0 Å². The summed E-state index contributed by atoms with van der Waals surface area (Å²) in [5, 5.41) is 17.5. The number of aliphatic hydroxyl groups is 1. The Morgan fingerprint density at radius 2 is 1.64 bits per heavy atom. The second-order valence-electron chi connectivity index (χ2n) is 4.13.